The molecule has 0 saturated heterocycles. The zero-order chi connectivity index (χ0) is 21.3. The third kappa shape index (κ3) is 21.3. The van der Waals surface area contributed by atoms with Crippen LogP contribution in [0.5, 0.6) is 0 Å². The predicted octanol–water partition coefficient (Wildman–Crippen LogP) is 2.75. The topological polar surface area (TPSA) is 132 Å². The van der Waals surface area contributed by atoms with Gasteiger partial charge in [0.1, 0.15) is 5.84 Å². The maximum atomic E-state index is 10.4. The average Bonchev–Trinajstić information content (AvgIpc) is 2.56. The van der Waals surface area contributed by atoms with E-state index in [9.17, 15) is 14.9 Å². The normalized spacial score (nSPS) is 10.5. The van der Waals surface area contributed by atoms with Gasteiger partial charge in [-0.15, -0.1) is 0 Å². The van der Waals surface area contributed by atoms with Gasteiger partial charge in [0.25, 0.3) is 6.20 Å². The number of carbonyl (C=O) groups is 1. The Bertz CT molecular complexity index is 506. The lowest BCUT2D eigenvalue weighted by Gasteiger charge is -2.05. The van der Waals surface area contributed by atoms with Gasteiger partial charge in [-0.2, -0.15) is 5.26 Å². The van der Waals surface area contributed by atoms with Crippen LogP contribution in [0.1, 0.15) is 49.0 Å². The van der Waals surface area contributed by atoms with Crippen LogP contribution in [0.4, 0.5) is 0 Å². The monoisotopic (exact) mass is 386 g/mol. The molecule has 0 aliphatic carbocycles. The van der Waals surface area contributed by atoms with Gasteiger partial charge in [-0.3, -0.25) is 25.2 Å². The van der Waals surface area contributed by atoms with E-state index in [1.807, 2.05) is 47.7 Å². The Labute approximate surface area is 164 Å². The lowest BCUT2D eigenvalue weighted by Crippen LogP contribution is -2.23. The molecule has 0 aromatic carbocycles. The van der Waals surface area contributed by atoms with E-state index in [-0.39, 0.29) is 25.2 Å². The van der Waals surface area contributed by atoms with Crippen molar-refractivity contribution in [2.75, 3.05) is 21.1 Å². The Morgan fingerprint density at radius 2 is 1.56 bits per heavy atom. The zero-order valence-electron chi connectivity index (χ0n) is 17.4. The Kier molecular flexibility index (Phi) is 23.4. The minimum atomic E-state index is -0.453. The summed E-state index contributed by atoms with van der Waals surface area (Å²) in [5.41, 5.74) is 0.644. The zero-order valence-corrected chi connectivity index (χ0v) is 17.4. The number of nitrogens with zero attached hydrogens (tertiary/aromatic N) is 3. The van der Waals surface area contributed by atoms with Crippen LogP contribution >= 0.6 is 0 Å². The number of hydrogen-bond acceptors (Lipinski definition) is 6. The van der Waals surface area contributed by atoms with E-state index in [0.717, 1.165) is 12.0 Å². The SMILES string of the molecule is C.CN/C(=C\[N+](=O)[O-])C(C)C.CN=C(NC#N)C(C)C.CNC(=O)C(C)C. The number of nitriles is 1. The van der Waals surface area contributed by atoms with Gasteiger partial charge in [-0.25, -0.2) is 0 Å². The van der Waals surface area contributed by atoms with E-state index in [1.165, 1.54) is 0 Å². The Balaban J connectivity index is -0.000000146. The minimum Gasteiger partial charge on any atom is -0.386 e. The van der Waals surface area contributed by atoms with Crippen molar-refractivity contribution in [3.63, 3.8) is 0 Å². The van der Waals surface area contributed by atoms with Crippen LogP contribution in [0.25, 0.3) is 0 Å². The molecule has 0 aromatic rings. The number of allylic oxidation sites excluding steroid dienone is 1. The number of carbonyl (C=O) groups excluding carboxylic acids is 1. The number of nitrogens with one attached hydrogen (secondary N) is 3. The van der Waals surface area contributed by atoms with Crippen LogP contribution in [0.15, 0.2) is 16.9 Å². The summed E-state index contributed by atoms with van der Waals surface area (Å²) in [6, 6.07) is 0. The Morgan fingerprint density at radius 3 is 1.63 bits per heavy atom. The summed E-state index contributed by atoms with van der Waals surface area (Å²) < 4.78 is 0. The van der Waals surface area contributed by atoms with Gasteiger partial charge >= 0.3 is 0 Å². The first-order chi connectivity index (χ1) is 12.0. The van der Waals surface area contributed by atoms with Gasteiger partial charge in [-0.1, -0.05) is 49.0 Å². The molecule has 3 N–H and O–H groups in total. The van der Waals surface area contributed by atoms with Gasteiger partial charge in [0.05, 0.1) is 10.6 Å². The predicted molar refractivity (Wildman–Crippen MR) is 112 cm³/mol. The summed E-state index contributed by atoms with van der Waals surface area (Å²) in [7, 11) is 4.98. The first kappa shape index (κ1) is 32.1. The standard InChI is InChI=1S/C6H11N3.C6H12N2O2.C5H11NO.CH4/c1-5(2)6(8-3)9-4-7;1-5(2)6(7-3)4-8(9)10;1-4(2)5(7)6-3;/h5H,1-3H3,(H,8,9);4-5,7H,1-3H3;4H,1-3H3,(H,6,7);1H4/b;6-4-;;. The maximum absolute atomic E-state index is 10.4. The highest BCUT2D eigenvalue weighted by Crippen LogP contribution is 2.03. The highest BCUT2D eigenvalue weighted by Gasteiger charge is 2.04. The van der Waals surface area contributed by atoms with E-state index in [2.05, 4.69) is 20.9 Å². The van der Waals surface area contributed by atoms with Crippen molar-refractivity contribution in [2.24, 2.45) is 22.7 Å². The van der Waals surface area contributed by atoms with E-state index in [0.29, 0.717) is 11.6 Å². The van der Waals surface area contributed by atoms with Gasteiger partial charge in [0.2, 0.25) is 5.91 Å². The summed E-state index contributed by atoms with van der Waals surface area (Å²) in [5.74, 6) is 1.42. The van der Waals surface area contributed by atoms with Crippen molar-refractivity contribution < 1.29 is 9.72 Å². The average molecular weight is 387 g/mol. The molecule has 0 radical (unpaired) electrons. The molecule has 1 amide bonds. The summed E-state index contributed by atoms with van der Waals surface area (Å²) in [4.78, 5) is 23.8. The quantitative estimate of drug-likeness (QED) is 0.166. The lowest BCUT2D eigenvalue weighted by atomic mass is 10.1. The molecule has 0 fully saturated rings. The molecule has 0 aliphatic rings. The van der Waals surface area contributed by atoms with Crippen molar-refractivity contribution in [3.8, 4) is 6.19 Å². The smallest absolute Gasteiger partial charge is 0.253 e. The molecule has 0 heterocycles. The molecule has 0 aliphatic heterocycles. The number of aliphatic imine (C=N–C) groups is 1. The van der Waals surface area contributed by atoms with Gasteiger partial charge in [-0.05, 0) is 5.92 Å². The molecule has 0 aromatic heterocycles. The molecule has 158 valence electrons. The Morgan fingerprint density at radius 1 is 1.07 bits per heavy atom. The van der Waals surface area contributed by atoms with Gasteiger partial charge in [0, 0.05) is 33.0 Å². The number of nitro groups is 1. The van der Waals surface area contributed by atoms with E-state index in [1.54, 1.807) is 21.1 Å². The Hall–Kier alpha value is -2.63. The minimum absolute atomic E-state index is 0. The van der Waals surface area contributed by atoms with Crippen molar-refractivity contribution in [1.29, 1.82) is 5.26 Å². The van der Waals surface area contributed by atoms with Crippen molar-refractivity contribution in [2.45, 2.75) is 49.0 Å². The third-order valence-electron chi connectivity index (χ3n) is 2.90. The number of hydrogen-bond donors (Lipinski definition) is 3. The summed E-state index contributed by atoms with van der Waals surface area (Å²) in [5, 5.41) is 25.9. The van der Waals surface area contributed by atoms with Crippen molar-refractivity contribution in [3.05, 3.63) is 22.0 Å². The third-order valence-corrected chi connectivity index (χ3v) is 2.90. The summed E-state index contributed by atoms with van der Waals surface area (Å²) in [6.07, 6.45) is 2.81. The second-order valence-corrected chi connectivity index (χ2v) is 6.04. The second-order valence-electron chi connectivity index (χ2n) is 6.04. The van der Waals surface area contributed by atoms with Gasteiger partial charge in [0.15, 0.2) is 6.19 Å². The van der Waals surface area contributed by atoms with Crippen LogP contribution in [0, 0.1) is 39.3 Å². The number of amidine groups is 1. The lowest BCUT2D eigenvalue weighted by molar-refractivity contribution is -0.404. The largest absolute Gasteiger partial charge is 0.386 e. The molecule has 0 atom stereocenters. The molecular formula is C18H38N6O3. The molecule has 9 nitrogen and oxygen atoms in total. The van der Waals surface area contributed by atoms with Crippen LogP contribution < -0.4 is 16.0 Å². The molecule has 9 heteroatoms. The summed E-state index contributed by atoms with van der Waals surface area (Å²) in [6.45, 7) is 11.5. The highest BCUT2D eigenvalue weighted by atomic mass is 16.6. The fourth-order valence-corrected chi connectivity index (χ4v) is 1.42. The van der Waals surface area contributed by atoms with Gasteiger partial charge < -0.3 is 10.6 Å². The fraction of sp³-hybridized carbons (Fsp3) is 0.722. The second kappa shape index (κ2) is 19.7. The molecule has 0 rings (SSSR count). The molecule has 27 heavy (non-hydrogen) atoms. The summed E-state index contributed by atoms with van der Waals surface area (Å²) >= 11 is 0. The fourth-order valence-electron chi connectivity index (χ4n) is 1.42. The van der Waals surface area contributed by atoms with Crippen LogP contribution in [-0.2, 0) is 4.79 Å². The number of amides is 1. The van der Waals surface area contributed by atoms with E-state index >= 15 is 0 Å². The highest BCUT2D eigenvalue weighted by molar-refractivity contribution is 5.85. The van der Waals surface area contributed by atoms with Crippen LogP contribution in [0.2, 0.25) is 0 Å². The molecular weight excluding hydrogens is 348 g/mol. The maximum Gasteiger partial charge on any atom is 0.253 e. The first-order valence-corrected chi connectivity index (χ1v) is 8.34. The van der Waals surface area contributed by atoms with Crippen molar-refractivity contribution >= 4 is 11.7 Å². The van der Waals surface area contributed by atoms with E-state index < -0.39 is 4.92 Å². The molecule has 0 spiro atoms. The van der Waals surface area contributed by atoms with E-state index in [4.69, 9.17) is 5.26 Å². The van der Waals surface area contributed by atoms with Crippen LogP contribution in [-0.4, -0.2) is 37.8 Å². The molecule has 0 unspecified atom stereocenters. The molecule has 0 saturated carbocycles. The van der Waals surface area contributed by atoms with Crippen molar-refractivity contribution in [1.82, 2.24) is 16.0 Å². The molecule has 0 bridgehead atoms. The van der Waals surface area contributed by atoms with Crippen LogP contribution in [0.3, 0.4) is 0 Å². The first-order valence-electron chi connectivity index (χ1n) is 8.34. The number of rotatable bonds is 5.